The third kappa shape index (κ3) is 2.74. The Labute approximate surface area is 212 Å². The largest absolute Gasteiger partial charge is 0.494 e. The fourth-order valence-electron chi connectivity index (χ4n) is 6.20. The zero-order valence-corrected chi connectivity index (χ0v) is 21.1. The van der Waals surface area contributed by atoms with E-state index in [1.54, 1.807) is 0 Å². The van der Waals surface area contributed by atoms with Gasteiger partial charge >= 0.3 is 7.12 Å². The predicted molar refractivity (Wildman–Crippen MR) is 147 cm³/mol. The first-order valence-electron chi connectivity index (χ1n) is 12.6. The van der Waals surface area contributed by atoms with Crippen molar-refractivity contribution in [3.05, 3.63) is 120 Å². The van der Waals surface area contributed by atoms with Crippen molar-refractivity contribution < 1.29 is 9.31 Å². The van der Waals surface area contributed by atoms with Crippen molar-refractivity contribution >= 4 is 34.1 Å². The molecule has 3 nitrogen and oxygen atoms in total. The number of benzene rings is 4. The summed E-state index contributed by atoms with van der Waals surface area (Å²) in [7, 11) is -0.433. The SMILES string of the molecule is CC1(C)OB(c2cc3c4c(ccc5cccc(c54)C3(c3ccccc3)c3cccnc3)c2)OC1(C)C. The number of aromatic nitrogens is 1. The first-order chi connectivity index (χ1) is 17.3. The highest BCUT2D eigenvalue weighted by Crippen LogP contribution is 2.55. The molecule has 1 aliphatic carbocycles. The van der Waals surface area contributed by atoms with Crippen LogP contribution in [-0.4, -0.2) is 23.3 Å². The van der Waals surface area contributed by atoms with Gasteiger partial charge in [-0.3, -0.25) is 4.98 Å². The van der Waals surface area contributed by atoms with Crippen molar-refractivity contribution in [3.63, 3.8) is 0 Å². The Hall–Kier alpha value is -3.47. The van der Waals surface area contributed by atoms with Gasteiger partial charge in [0.05, 0.1) is 16.6 Å². The Morgan fingerprint density at radius 3 is 2.06 bits per heavy atom. The lowest BCUT2D eigenvalue weighted by Gasteiger charge is -2.34. The molecule has 1 unspecified atom stereocenters. The Morgan fingerprint density at radius 2 is 1.33 bits per heavy atom. The quantitative estimate of drug-likeness (QED) is 0.223. The summed E-state index contributed by atoms with van der Waals surface area (Å²) < 4.78 is 13.0. The minimum Gasteiger partial charge on any atom is -0.399 e. The molecule has 176 valence electrons. The normalized spacial score (nSPS) is 21.6. The van der Waals surface area contributed by atoms with Crippen LogP contribution < -0.4 is 5.46 Å². The van der Waals surface area contributed by atoms with E-state index < -0.39 is 23.7 Å². The fraction of sp³-hybridized carbons (Fsp3) is 0.219. The highest BCUT2D eigenvalue weighted by Gasteiger charge is 2.53. The lowest BCUT2D eigenvalue weighted by molar-refractivity contribution is 0.00578. The van der Waals surface area contributed by atoms with Gasteiger partial charge in [0.25, 0.3) is 0 Å². The molecule has 0 bridgehead atoms. The number of hydrogen-bond donors (Lipinski definition) is 0. The molecule has 1 aliphatic heterocycles. The van der Waals surface area contributed by atoms with Gasteiger partial charge in [-0.1, -0.05) is 78.9 Å². The zero-order chi connectivity index (χ0) is 24.7. The van der Waals surface area contributed by atoms with Crippen molar-refractivity contribution in [2.45, 2.75) is 44.3 Å². The molecule has 1 atom stereocenters. The molecular formula is C32H28BNO2. The second-order valence-corrected chi connectivity index (χ2v) is 11.1. The van der Waals surface area contributed by atoms with Crippen LogP contribution in [0.15, 0.2) is 97.3 Å². The van der Waals surface area contributed by atoms with Crippen LogP contribution in [0.2, 0.25) is 0 Å². The highest BCUT2D eigenvalue weighted by atomic mass is 16.7. The van der Waals surface area contributed by atoms with Gasteiger partial charge in [-0.2, -0.15) is 0 Å². The van der Waals surface area contributed by atoms with Crippen molar-refractivity contribution in [2.24, 2.45) is 0 Å². The molecule has 5 aromatic rings. The van der Waals surface area contributed by atoms with Gasteiger partial charge in [0.2, 0.25) is 0 Å². The molecule has 4 heteroatoms. The average Bonchev–Trinajstić information content (AvgIpc) is 3.31. The fourth-order valence-corrected chi connectivity index (χ4v) is 6.20. The van der Waals surface area contributed by atoms with Crippen LogP contribution in [0.4, 0.5) is 0 Å². The molecule has 1 saturated heterocycles. The van der Waals surface area contributed by atoms with Crippen molar-refractivity contribution in [3.8, 4) is 0 Å². The Balaban J connectivity index is 1.60. The molecule has 0 N–H and O–H groups in total. The average molecular weight is 469 g/mol. The molecule has 2 heterocycles. The van der Waals surface area contributed by atoms with Gasteiger partial charge in [0.15, 0.2) is 0 Å². The van der Waals surface area contributed by atoms with Crippen molar-refractivity contribution in [1.82, 2.24) is 4.98 Å². The van der Waals surface area contributed by atoms with E-state index in [0.717, 1.165) is 11.0 Å². The molecule has 1 aromatic heterocycles. The topological polar surface area (TPSA) is 31.4 Å². The lowest BCUT2D eigenvalue weighted by atomic mass is 9.66. The molecule has 0 amide bonds. The third-order valence-corrected chi connectivity index (χ3v) is 8.62. The summed E-state index contributed by atoms with van der Waals surface area (Å²) in [4.78, 5) is 4.58. The van der Waals surface area contributed by atoms with Gasteiger partial charge in [-0.15, -0.1) is 0 Å². The van der Waals surface area contributed by atoms with Crippen molar-refractivity contribution in [1.29, 1.82) is 0 Å². The zero-order valence-electron chi connectivity index (χ0n) is 21.1. The summed E-state index contributed by atoms with van der Waals surface area (Å²) in [5.41, 5.74) is 4.70. The first-order valence-corrected chi connectivity index (χ1v) is 12.6. The molecule has 2 aliphatic rings. The summed E-state index contributed by atoms with van der Waals surface area (Å²) >= 11 is 0. The molecule has 0 radical (unpaired) electrons. The summed E-state index contributed by atoms with van der Waals surface area (Å²) in [5.74, 6) is 0. The van der Waals surface area contributed by atoms with Crippen LogP contribution in [0.3, 0.4) is 0 Å². The van der Waals surface area contributed by atoms with E-state index in [4.69, 9.17) is 9.31 Å². The van der Waals surface area contributed by atoms with Gasteiger partial charge < -0.3 is 9.31 Å². The number of hydrogen-bond acceptors (Lipinski definition) is 3. The van der Waals surface area contributed by atoms with Gasteiger partial charge in [-0.05, 0) is 83.0 Å². The third-order valence-electron chi connectivity index (χ3n) is 8.62. The second-order valence-electron chi connectivity index (χ2n) is 11.1. The minimum atomic E-state index is -0.489. The summed E-state index contributed by atoms with van der Waals surface area (Å²) in [6.45, 7) is 8.43. The molecule has 4 aromatic carbocycles. The number of nitrogens with zero attached hydrogens (tertiary/aromatic N) is 1. The van der Waals surface area contributed by atoms with Crippen LogP contribution in [0.5, 0.6) is 0 Å². The summed E-state index contributed by atoms with van der Waals surface area (Å²) in [6.07, 6.45) is 3.87. The molecule has 1 fully saturated rings. The van der Waals surface area contributed by atoms with Crippen LogP contribution in [0.1, 0.15) is 49.9 Å². The molecule has 7 rings (SSSR count). The highest BCUT2D eigenvalue weighted by molar-refractivity contribution is 6.62. The molecular weight excluding hydrogens is 441 g/mol. The van der Waals surface area contributed by atoms with Gasteiger partial charge in [0.1, 0.15) is 0 Å². The van der Waals surface area contributed by atoms with Crippen LogP contribution >= 0.6 is 0 Å². The Kier molecular flexibility index (Phi) is 4.41. The summed E-state index contributed by atoms with van der Waals surface area (Å²) in [6, 6.07) is 30.8. The van der Waals surface area contributed by atoms with Gasteiger partial charge in [-0.25, -0.2) is 0 Å². The van der Waals surface area contributed by atoms with E-state index >= 15 is 0 Å². The minimum absolute atomic E-state index is 0.403. The van der Waals surface area contributed by atoms with E-state index in [9.17, 15) is 0 Å². The molecule has 36 heavy (non-hydrogen) atoms. The Bertz CT molecular complexity index is 1590. The van der Waals surface area contributed by atoms with E-state index in [1.165, 1.54) is 38.2 Å². The lowest BCUT2D eigenvalue weighted by Crippen LogP contribution is -2.41. The standard InChI is InChI=1S/C32H28BNO2/c1-30(2)31(3,4)36-33(35-30)25-18-22-16-15-21-10-8-14-26-28(21)29(22)27(19-25)32(26,23-11-6-5-7-12-23)24-13-9-17-34-20-24/h5-20H,1-4H3. The van der Waals surface area contributed by atoms with Gasteiger partial charge in [0, 0.05) is 12.4 Å². The number of pyridine rings is 1. The summed E-state index contributed by atoms with van der Waals surface area (Å²) in [5, 5.41) is 5.08. The van der Waals surface area contributed by atoms with Crippen molar-refractivity contribution in [2.75, 3.05) is 0 Å². The maximum Gasteiger partial charge on any atom is 0.494 e. The monoisotopic (exact) mass is 469 g/mol. The maximum absolute atomic E-state index is 6.52. The van der Waals surface area contributed by atoms with Crippen LogP contribution in [0.25, 0.3) is 21.5 Å². The predicted octanol–water partition coefficient (Wildman–Crippen LogP) is 6.38. The second kappa shape index (κ2) is 7.28. The maximum atomic E-state index is 6.52. The first kappa shape index (κ1) is 21.8. The van der Waals surface area contributed by atoms with E-state index in [0.29, 0.717) is 0 Å². The van der Waals surface area contributed by atoms with Crippen LogP contribution in [0, 0.1) is 0 Å². The van der Waals surface area contributed by atoms with E-state index in [1.807, 2.05) is 18.5 Å². The Morgan fingerprint density at radius 1 is 0.639 bits per heavy atom. The molecule has 0 spiro atoms. The van der Waals surface area contributed by atoms with Crippen LogP contribution in [-0.2, 0) is 14.7 Å². The van der Waals surface area contributed by atoms with E-state index in [-0.39, 0.29) is 0 Å². The number of rotatable bonds is 3. The van der Waals surface area contributed by atoms with E-state index in [2.05, 4.69) is 112 Å². The smallest absolute Gasteiger partial charge is 0.399 e. The molecule has 0 saturated carbocycles.